The number of methoxy groups -OCH3 is 1. The van der Waals surface area contributed by atoms with E-state index in [0.717, 1.165) is 0 Å². The largest absolute Gasteiger partial charge is 0.481 e. The van der Waals surface area contributed by atoms with E-state index in [-0.39, 0.29) is 11.4 Å². The summed E-state index contributed by atoms with van der Waals surface area (Å²) >= 11 is 0. The number of rotatable bonds is 4. The number of nitrogens with zero attached hydrogens (tertiary/aromatic N) is 1. The van der Waals surface area contributed by atoms with Crippen LogP contribution in [0.25, 0.3) is 0 Å². The van der Waals surface area contributed by atoms with Crippen molar-refractivity contribution in [1.29, 1.82) is 0 Å². The Morgan fingerprint density at radius 1 is 1.60 bits per heavy atom. The molecule has 6 heteroatoms. The maximum absolute atomic E-state index is 10.7. The molecular weight excluding hydrogens is 200 g/mol. The number of ether oxygens (including phenoxy) is 1. The minimum Gasteiger partial charge on any atom is -0.481 e. The molecule has 2 atom stereocenters. The van der Waals surface area contributed by atoms with Crippen LogP contribution in [0.4, 0.5) is 0 Å². The fraction of sp³-hybridized carbons (Fsp3) is 0.333. The zero-order valence-electron chi connectivity index (χ0n) is 8.12. The second-order valence-electron chi connectivity index (χ2n) is 2.89. The number of carbonyl (C=O) groups excluding carboxylic acids is 1. The van der Waals surface area contributed by atoms with Gasteiger partial charge in [0.25, 0.3) is 0 Å². The lowest BCUT2D eigenvalue weighted by molar-refractivity contribution is -0.132. The van der Waals surface area contributed by atoms with E-state index in [9.17, 15) is 15.0 Å². The number of nitrogens with two attached hydrogens (primary N) is 1. The van der Waals surface area contributed by atoms with Crippen LogP contribution in [0.1, 0.15) is 11.7 Å². The topological polar surface area (TPSA) is 106 Å². The van der Waals surface area contributed by atoms with E-state index >= 15 is 0 Å². The van der Waals surface area contributed by atoms with Gasteiger partial charge in [0.15, 0.2) is 6.10 Å². The lowest BCUT2D eigenvalue weighted by Crippen LogP contribution is -2.34. The van der Waals surface area contributed by atoms with Gasteiger partial charge in [-0.3, -0.25) is 4.79 Å². The monoisotopic (exact) mass is 212 g/mol. The zero-order valence-corrected chi connectivity index (χ0v) is 8.12. The fourth-order valence-corrected chi connectivity index (χ4v) is 1.12. The molecule has 1 rings (SSSR count). The van der Waals surface area contributed by atoms with Crippen molar-refractivity contribution in [2.24, 2.45) is 5.73 Å². The Hall–Kier alpha value is -1.66. The molecule has 0 aliphatic carbocycles. The van der Waals surface area contributed by atoms with E-state index in [4.69, 9.17) is 10.5 Å². The van der Waals surface area contributed by atoms with Crippen LogP contribution in [0.15, 0.2) is 18.3 Å². The Bertz CT molecular complexity index is 356. The lowest BCUT2D eigenvalue weighted by Gasteiger charge is -2.16. The second kappa shape index (κ2) is 4.72. The first kappa shape index (κ1) is 11.4. The molecule has 2 unspecified atom stereocenters. The third-order valence-corrected chi connectivity index (χ3v) is 1.90. The van der Waals surface area contributed by atoms with Crippen molar-refractivity contribution < 1.29 is 19.7 Å². The standard InChI is InChI=1S/C9H12N2O4/c1-15-9-5(3-2-4-11-9)6(12)7(13)8(10)14/h2-4,6-7,12-13H,1H3,(H2,10,14). The summed E-state index contributed by atoms with van der Waals surface area (Å²) in [4.78, 5) is 14.5. The van der Waals surface area contributed by atoms with E-state index in [0.29, 0.717) is 0 Å². The van der Waals surface area contributed by atoms with Crippen molar-refractivity contribution in [1.82, 2.24) is 4.98 Å². The molecule has 82 valence electrons. The Labute approximate surface area is 86.3 Å². The first-order chi connectivity index (χ1) is 7.07. The van der Waals surface area contributed by atoms with Gasteiger partial charge in [0, 0.05) is 11.8 Å². The summed E-state index contributed by atoms with van der Waals surface area (Å²) in [6.07, 6.45) is -1.65. The molecule has 0 spiro atoms. The van der Waals surface area contributed by atoms with Crippen LogP contribution in [0.2, 0.25) is 0 Å². The number of amides is 1. The van der Waals surface area contributed by atoms with E-state index in [1.165, 1.54) is 19.4 Å². The average Bonchev–Trinajstić information content (AvgIpc) is 2.26. The first-order valence-electron chi connectivity index (χ1n) is 4.22. The van der Waals surface area contributed by atoms with Crippen molar-refractivity contribution in [3.05, 3.63) is 23.9 Å². The lowest BCUT2D eigenvalue weighted by atomic mass is 10.1. The van der Waals surface area contributed by atoms with Crippen LogP contribution >= 0.6 is 0 Å². The van der Waals surface area contributed by atoms with Gasteiger partial charge in [0.1, 0.15) is 6.10 Å². The van der Waals surface area contributed by atoms with Gasteiger partial charge >= 0.3 is 0 Å². The summed E-state index contributed by atoms with van der Waals surface area (Å²) in [6, 6.07) is 3.04. The van der Waals surface area contributed by atoms with E-state index < -0.39 is 18.1 Å². The molecule has 0 aliphatic heterocycles. The highest BCUT2D eigenvalue weighted by Gasteiger charge is 2.26. The molecule has 4 N–H and O–H groups in total. The van der Waals surface area contributed by atoms with Gasteiger partial charge in [-0.2, -0.15) is 0 Å². The highest BCUT2D eigenvalue weighted by molar-refractivity contribution is 5.79. The molecule has 0 radical (unpaired) electrons. The van der Waals surface area contributed by atoms with Crippen LogP contribution in [0, 0.1) is 0 Å². The van der Waals surface area contributed by atoms with Crippen LogP contribution < -0.4 is 10.5 Å². The van der Waals surface area contributed by atoms with Crippen molar-refractivity contribution in [3.63, 3.8) is 0 Å². The Kier molecular flexibility index (Phi) is 3.59. The Morgan fingerprint density at radius 3 is 2.80 bits per heavy atom. The molecule has 0 bridgehead atoms. The van der Waals surface area contributed by atoms with Crippen molar-refractivity contribution in [2.75, 3.05) is 7.11 Å². The van der Waals surface area contributed by atoms with Crippen molar-refractivity contribution in [3.8, 4) is 5.88 Å². The van der Waals surface area contributed by atoms with Crippen LogP contribution in [0.5, 0.6) is 5.88 Å². The average molecular weight is 212 g/mol. The summed E-state index contributed by atoms with van der Waals surface area (Å²) < 4.78 is 4.86. The molecule has 1 aromatic heterocycles. The maximum Gasteiger partial charge on any atom is 0.249 e. The number of carbonyl (C=O) groups is 1. The quantitative estimate of drug-likeness (QED) is 0.591. The van der Waals surface area contributed by atoms with Gasteiger partial charge in [0.05, 0.1) is 7.11 Å². The number of primary amides is 1. The minimum absolute atomic E-state index is 0.144. The number of aliphatic hydroxyl groups excluding tert-OH is 2. The molecule has 0 saturated heterocycles. The van der Waals surface area contributed by atoms with Crippen molar-refractivity contribution in [2.45, 2.75) is 12.2 Å². The molecule has 6 nitrogen and oxygen atoms in total. The molecule has 1 amide bonds. The number of hydrogen-bond acceptors (Lipinski definition) is 5. The zero-order chi connectivity index (χ0) is 11.4. The summed E-state index contributed by atoms with van der Waals surface area (Å²) in [6.45, 7) is 0. The fourth-order valence-electron chi connectivity index (χ4n) is 1.12. The predicted molar refractivity (Wildman–Crippen MR) is 51.0 cm³/mol. The highest BCUT2D eigenvalue weighted by atomic mass is 16.5. The summed E-state index contributed by atoms with van der Waals surface area (Å²) in [5.74, 6) is -0.862. The molecule has 0 aliphatic rings. The third kappa shape index (κ3) is 2.42. The molecule has 0 aromatic carbocycles. The normalized spacial score (nSPS) is 14.3. The van der Waals surface area contributed by atoms with Gasteiger partial charge in [-0.05, 0) is 12.1 Å². The number of hydrogen-bond donors (Lipinski definition) is 3. The van der Waals surface area contributed by atoms with Gasteiger partial charge in [-0.25, -0.2) is 4.98 Å². The summed E-state index contributed by atoms with van der Waals surface area (Å²) in [5.41, 5.74) is 5.07. The van der Waals surface area contributed by atoms with Crippen LogP contribution in [0.3, 0.4) is 0 Å². The molecule has 0 saturated carbocycles. The summed E-state index contributed by atoms with van der Waals surface area (Å²) in [5, 5.41) is 18.9. The molecule has 1 aromatic rings. The molecule has 15 heavy (non-hydrogen) atoms. The van der Waals surface area contributed by atoms with Crippen LogP contribution in [-0.4, -0.2) is 34.3 Å². The molecular formula is C9H12N2O4. The summed E-state index contributed by atoms with van der Waals surface area (Å²) in [7, 11) is 1.37. The van der Waals surface area contributed by atoms with Gasteiger partial charge in [0.2, 0.25) is 11.8 Å². The minimum atomic E-state index is -1.68. The smallest absolute Gasteiger partial charge is 0.249 e. The van der Waals surface area contributed by atoms with Crippen molar-refractivity contribution >= 4 is 5.91 Å². The molecule has 1 heterocycles. The van der Waals surface area contributed by atoms with E-state index in [1.807, 2.05) is 0 Å². The van der Waals surface area contributed by atoms with Gasteiger partial charge in [-0.1, -0.05) is 0 Å². The van der Waals surface area contributed by atoms with E-state index in [2.05, 4.69) is 4.98 Å². The number of aromatic nitrogens is 1. The number of aliphatic hydroxyl groups is 2. The maximum atomic E-state index is 10.7. The van der Waals surface area contributed by atoms with Gasteiger partial charge in [-0.15, -0.1) is 0 Å². The predicted octanol–water partition coefficient (Wildman–Crippen LogP) is -1.03. The number of pyridine rings is 1. The van der Waals surface area contributed by atoms with Crippen LogP contribution in [-0.2, 0) is 4.79 Å². The SMILES string of the molecule is COc1ncccc1C(O)C(O)C(N)=O. The van der Waals surface area contributed by atoms with E-state index in [1.54, 1.807) is 6.07 Å². The molecule has 0 fully saturated rings. The second-order valence-corrected chi connectivity index (χ2v) is 2.89. The first-order valence-corrected chi connectivity index (χ1v) is 4.22. The third-order valence-electron chi connectivity index (χ3n) is 1.90. The Balaban J connectivity index is 2.99. The van der Waals surface area contributed by atoms with Gasteiger partial charge < -0.3 is 20.7 Å². The highest BCUT2D eigenvalue weighted by Crippen LogP contribution is 2.24. The Morgan fingerprint density at radius 2 is 2.27 bits per heavy atom.